The fourth-order valence-corrected chi connectivity index (χ4v) is 6.08. The summed E-state index contributed by atoms with van der Waals surface area (Å²) in [5.41, 5.74) is 7.61. The molecule has 4 nitrogen and oxygen atoms in total. The summed E-state index contributed by atoms with van der Waals surface area (Å²) in [5, 5.41) is 7.10. The van der Waals surface area contributed by atoms with Gasteiger partial charge in [-0.05, 0) is 44.3 Å². The zero-order valence-corrected chi connectivity index (χ0v) is 27.1. The number of nitrogens with one attached hydrogen (secondary N) is 2. The molecule has 2 N–H and O–H groups in total. The molecule has 0 aromatic heterocycles. The summed E-state index contributed by atoms with van der Waals surface area (Å²) in [6, 6.07) is 17.3. The molecule has 1 atom stereocenters. The second-order valence-electron chi connectivity index (χ2n) is 10.1. The van der Waals surface area contributed by atoms with E-state index in [1.807, 2.05) is 40.4 Å². The summed E-state index contributed by atoms with van der Waals surface area (Å²) >= 11 is 0. The molecule has 0 fully saturated rings. The average molecular weight is 561 g/mol. The predicted molar refractivity (Wildman–Crippen MR) is 178 cm³/mol. The molecule has 2 aromatic carbocycles. The minimum Gasteiger partial charge on any atom is -0.358 e. The molecule has 0 saturated carbocycles. The second kappa shape index (κ2) is 15.9. The molecular weight excluding hydrogens is 509 g/mol. The first kappa shape index (κ1) is 33.4. The Morgan fingerprint density at radius 2 is 1.55 bits per heavy atom. The zero-order chi connectivity index (χ0) is 29.8. The van der Waals surface area contributed by atoms with Crippen LogP contribution in [0.4, 0.5) is 11.4 Å². The van der Waals surface area contributed by atoms with Gasteiger partial charge in [-0.3, -0.25) is 5.09 Å². The van der Waals surface area contributed by atoms with Gasteiger partial charge < -0.3 is 9.84 Å². The van der Waals surface area contributed by atoms with Crippen LogP contribution in [-0.4, -0.2) is 30.0 Å². The molecule has 40 heavy (non-hydrogen) atoms. The van der Waals surface area contributed by atoms with Crippen molar-refractivity contribution in [3.05, 3.63) is 108 Å². The van der Waals surface area contributed by atoms with Gasteiger partial charge in [0.1, 0.15) is 8.30 Å². The third kappa shape index (κ3) is 7.49. The van der Waals surface area contributed by atoms with Crippen LogP contribution in [-0.2, 0) is 15.4 Å². The van der Waals surface area contributed by atoms with Gasteiger partial charge in [0.2, 0.25) is 5.69 Å². The van der Waals surface area contributed by atoms with E-state index in [0.29, 0.717) is 6.61 Å². The highest BCUT2D eigenvalue weighted by atomic mass is 31.2. The van der Waals surface area contributed by atoms with Crippen LogP contribution in [0.15, 0.2) is 97.0 Å². The van der Waals surface area contributed by atoms with E-state index in [1.54, 1.807) is 0 Å². The number of rotatable bonds is 10. The van der Waals surface area contributed by atoms with Gasteiger partial charge in [-0.15, -0.1) is 0 Å². The van der Waals surface area contributed by atoms with Crippen LogP contribution in [0.3, 0.4) is 0 Å². The van der Waals surface area contributed by atoms with E-state index in [2.05, 4.69) is 128 Å². The van der Waals surface area contributed by atoms with Gasteiger partial charge in [0.25, 0.3) is 0 Å². The van der Waals surface area contributed by atoms with Gasteiger partial charge in [0.15, 0.2) is 12.3 Å². The molecule has 216 valence electrons. The summed E-state index contributed by atoms with van der Waals surface area (Å²) < 4.78 is 8.18. The number of allylic oxidation sites excluding steroid dienone is 6. The molecule has 4 rings (SSSR count). The van der Waals surface area contributed by atoms with E-state index in [4.69, 9.17) is 4.52 Å². The Morgan fingerprint density at radius 3 is 2.20 bits per heavy atom. The summed E-state index contributed by atoms with van der Waals surface area (Å²) in [6.07, 6.45) is 10.9. The Bertz CT molecular complexity index is 1240. The smallest absolute Gasteiger partial charge is 0.209 e. The molecule has 1 unspecified atom stereocenters. The van der Waals surface area contributed by atoms with Crippen molar-refractivity contribution in [2.75, 3.05) is 25.0 Å². The quantitative estimate of drug-likeness (QED) is 0.173. The number of hydrogen-bond acceptors (Lipinski definition) is 3. The highest BCUT2D eigenvalue weighted by Gasteiger charge is 2.43. The summed E-state index contributed by atoms with van der Waals surface area (Å²) in [5.74, 6) is 1.88. The SMILES string of the molecule is C=CP(NCC[N+]1=C(/C=C/C=C/C=C2/Nc3ccccc3C2(C)C)C(C)(C)c2ccccc21)OCC.CC.CC. The number of benzene rings is 2. The van der Waals surface area contributed by atoms with Crippen molar-refractivity contribution in [2.45, 2.75) is 73.1 Å². The lowest BCUT2D eigenvalue weighted by Crippen LogP contribution is -2.29. The maximum Gasteiger partial charge on any atom is 0.209 e. The van der Waals surface area contributed by atoms with Gasteiger partial charge in [-0.25, -0.2) is 0 Å². The fraction of sp³-hybridized carbons (Fsp3) is 0.400. The summed E-state index contributed by atoms with van der Waals surface area (Å²) in [4.78, 5) is 0. The molecule has 0 amide bonds. The normalized spacial score (nSPS) is 18.0. The summed E-state index contributed by atoms with van der Waals surface area (Å²) in [7, 11) is -0.794. The number of para-hydroxylation sites is 2. The van der Waals surface area contributed by atoms with Crippen LogP contribution in [0.2, 0.25) is 0 Å². The van der Waals surface area contributed by atoms with E-state index < -0.39 is 8.30 Å². The maximum atomic E-state index is 5.74. The van der Waals surface area contributed by atoms with E-state index in [-0.39, 0.29) is 10.8 Å². The lowest BCUT2D eigenvalue weighted by molar-refractivity contribution is -0.435. The molecule has 2 aromatic rings. The third-order valence-electron chi connectivity index (χ3n) is 7.12. The van der Waals surface area contributed by atoms with E-state index in [1.165, 1.54) is 33.9 Å². The Hall–Kier alpha value is -2.78. The van der Waals surface area contributed by atoms with Crippen LogP contribution in [0.25, 0.3) is 0 Å². The summed E-state index contributed by atoms with van der Waals surface area (Å²) in [6.45, 7) is 25.5. The number of hydrogen-bond donors (Lipinski definition) is 2. The van der Waals surface area contributed by atoms with Crippen LogP contribution >= 0.6 is 8.30 Å². The van der Waals surface area contributed by atoms with Crippen LogP contribution in [0.1, 0.15) is 73.4 Å². The van der Waals surface area contributed by atoms with Crippen LogP contribution in [0, 0.1) is 0 Å². The fourth-order valence-electron chi connectivity index (χ4n) is 5.15. The van der Waals surface area contributed by atoms with Crippen molar-refractivity contribution in [2.24, 2.45) is 0 Å². The molecule has 5 heteroatoms. The van der Waals surface area contributed by atoms with E-state index >= 15 is 0 Å². The van der Waals surface area contributed by atoms with Gasteiger partial charge in [0, 0.05) is 41.1 Å². The Balaban J connectivity index is 0.00000134. The van der Waals surface area contributed by atoms with Gasteiger partial charge in [-0.1, -0.05) is 103 Å². The molecule has 0 spiro atoms. The van der Waals surface area contributed by atoms with Crippen molar-refractivity contribution < 1.29 is 9.10 Å². The Labute approximate surface area is 245 Å². The average Bonchev–Trinajstić information content (AvgIpc) is 3.36. The highest BCUT2D eigenvalue weighted by Crippen LogP contribution is 2.43. The minimum atomic E-state index is -0.794. The van der Waals surface area contributed by atoms with Crippen LogP contribution < -0.4 is 10.4 Å². The van der Waals surface area contributed by atoms with Crippen molar-refractivity contribution in [3.8, 4) is 0 Å². The number of anilines is 1. The van der Waals surface area contributed by atoms with Crippen LogP contribution in [0.5, 0.6) is 0 Å². The van der Waals surface area contributed by atoms with Crippen molar-refractivity contribution in [1.82, 2.24) is 5.09 Å². The van der Waals surface area contributed by atoms with E-state index in [0.717, 1.165) is 13.1 Å². The predicted octanol–water partition coefficient (Wildman–Crippen LogP) is 9.60. The lowest BCUT2D eigenvalue weighted by Gasteiger charge is -2.19. The molecule has 2 aliphatic rings. The van der Waals surface area contributed by atoms with Crippen molar-refractivity contribution in [3.63, 3.8) is 0 Å². The standard InChI is InChI=1S/C31H38N3OP.2C2H6/c1-7-35-36(8-2)32-22-23-34-27-19-15-13-17-25(27)31(5,6)29(34)21-11-9-10-20-28-30(3,4)24-16-12-14-18-26(24)33-28;2*1-2/h8-21,32H,2,7,22-23H2,1,3-6H3;2*1-2H3/p+1. The zero-order valence-electron chi connectivity index (χ0n) is 26.2. The number of fused-ring (bicyclic) bond motifs is 2. The Kier molecular flexibility index (Phi) is 13.3. The molecule has 2 heterocycles. The molecule has 2 aliphatic heterocycles. The first-order valence-corrected chi connectivity index (χ1v) is 16.1. The highest BCUT2D eigenvalue weighted by molar-refractivity contribution is 7.53. The minimum absolute atomic E-state index is 0.0232. The number of nitrogens with zero attached hydrogens (tertiary/aromatic N) is 1. The van der Waals surface area contributed by atoms with Gasteiger partial charge in [-0.2, -0.15) is 4.58 Å². The van der Waals surface area contributed by atoms with Gasteiger partial charge in [0.05, 0.1) is 12.0 Å². The van der Waals surface area contributed by atoms with E-state index in [9.17, 15) is 0 Å². The monoisotopic (exact) mass is 560 g/mol. The maximum absolute atomic E-state index is 5.74. The first-order chi connectivity index (χ1) is 19.3. The molecular formula is C35H51N3OP+. The lowest BCUT2D eigenvalue weighted by atomic mass is 9.81. The second-order valence-corrected chi connectivity index (χ2v) is 11.7. The van der Waals surface area contributed by atoms with Crippen molar-refractivity contribution >= 4 is 25.4 Å². The Morgan fingerprint density at radius 1 is 0.900 bits per heavy atom. The van der Waals surface area contributed by atoms with Gasteiger partial charge >= 0.3 is 0 Å². The topological polar surface area (TPSA) is 36.3 Å². The first-order valence-electron chi connectivity index (χ1n) is 14.8. The third-order valence-corrected chi connectivity index (χ3v) is 8.52. The van der Waals surface area contributed by atoms with Crippen molar-refractivity contribution in [1.29, 1.82) is 0 Å². The molecule has 0 saturated heterocycles. The molecule has 0 aliphatic carbocycles. The molecule has 0 radical (unpaired) electrons. The molecule has 0 bridgehead atoms. The largest absolute Gasteiger partial charge is 0.358 e.